The van der Waals surface area contributed by atoms with Crippen molar-refractivity contribution in [3.05, 3.63) is 82.9 Å². The van der Waals surface area contributed by atoms with Crippen molar-refractivity contribution in [2.24, 2.45) is 5.10 Å². The number of thioether (sulfide) groups is 1. The number of fused-ring (bicyclic) bond motifs is 1. The molecular formula is C23H20ClN4O3S+. The molecule has 0 saturated carbocycles. The molecule has 0 unspecified atom stereocenters. The van der Waals surface area contributed by atoms with Gasteiger partial charge < -0.3 is 10.2 Å². The number of amides is 1. The first-order valence-corrected chi connectivity index (χ1v) is 11.1. The summed E-state index contributed by atoms with van der Waals surface area (Å²) >= 11 is 7.71. The summed E-state index contributed by atoms with van der Waals surface area (Å²) in [6, 6.07) is 19.7. The normalized spacial score (nSPS) is 11.3. The predicted octanol–water partition coefficient (Wildman–Crippen LogP) is 3.81. The van der Waals surface area contributed by atoms with Gasteiger partial charge in [-0.1, -0.05) is 41.9 Å². The fourth-order valence-electron chi connectivity index (χ4n) is 3.16. The highest BCUT2D eigenvalue weighted by molar-refractivity contribution is 7.99. The van der Waals surface area contributed by atoms with Gasteiger partial charge in [0, 0.05) is 22.2 Å². The number of phenols is 2. The summed E-state index contributed by atoms with van der Waals surface area (Å²) < 4.78 is 2.09. The zero-order valence-electron chi connectivity index (χ0n) is 16.8. The minimum atomic E-state index is -0.299. The average Bonchev–Trinajstić information content (AvgIpc) is 3.13. The molecule has 3 aromatic carbocycles. The van der Waals surface area contributed by atoms with E-state index in [9.17, 15) is 15.0 Å². The number of carbonyl (C=O) groups excluding carboxylic acids is 1. The van der Waals surface area contributed by atoms with Crippen molar-refractivity contribution in [2.75, 3.05) is 5.75 Å². The van der Waals surface area contributed by atoms with E-state index in [2.05, 4.69) is 20.1 Å². The van der Waals surface area contributed by atoms with Gasteiger partial charge in [-0.3, -0.25) is 4.79 Å². The van der Waals surface area contributed by atoms with Crippen molar-refractivity contribution in [3.63, 3.8) is 0 Å². The minimum absolute atomic E-state index is 0.0523. The van der Waals surface area contributed by atoms with Crippen LogP contribution in [0.5, 0.6) is 11.5 Å². The van der Waals surface area contributed by atoms with E-state index >= 15 is 0 Å². The summed E-state index contributed by atoms with van der Waals surface area (Å²) in [5.41, 5.74) is 5.78. The van der Waals surface area contributed by atoms with Crippen LogP contribution in [-0.4, -0.2) is 33.1 Å². The topological polar surface area (TPSA) is 102 Å². The highest BCUT2D eigenvalue weighted by atomic mass is 35.5. The van der Waals surface area contributed by atoms with Gasteiger partial charge >= 0.3 is 5.16 Å². The maximum Gasteiger partial charge on any atom is 0.317 e. The summed E-state index contributed by atoms with van der Waals surface area (Å²) in [7, 11) is 0. The van der Waals surface area contributed by atoms with E-state index in [-0.39, 0.29) is 23.2 Å². The zero-order chi connectivity index (χ0) is 22.5. The highest BCUT2D eigenvalue weighted by Gasteiger charge is 2.21. The van der Waals surface area contributed by atoms with Gasteiger partial charge in [0.2, 0.25) is 0 Å². The predicted molar refractivity (Wildman–Crippen MR) is 125 cm³/mol. The van der Waals surface area contributed by atoms with Crippen LogP contribution in [0.3, 0.4) is 0 Å². The second kappa shape index (κ2) is 9.76. The van der Waals surface area contributed by atoms with Gasteiger partial charge in [-0.05, 0) is 42.1 Å². The summed E-state index contributed by atoms with van der Waals surface area (Å²) in [4.78, 5) is 15.7. The molecule has 7 nitrogen and oxygen atoms in total. The molecule has 0 radical (unpaired) electrons. The van der Waals surface area contributed by atoms with Crippen LogP contribution in [-0.2, 0) is 11.3 Å². The molecule has 0 atom stereocenters. The summed E-state index contributed by atoms with van der Waals surface area (Å²) in [6.07, 6.45) is 1.32. The van der Waals surface area contributed by atoms with Crippen molar-refractivity contribution in [1.82, 2.24) is 10.4 Å². The Labute approximate surface area is 193 Å². The van der Waals surface area contributed by atoms with E-state index in [1.807, 2.05) is 48.5 Å². The molecule has 0 aliphatic heterocycles. The Bertz CT molecular complexity index is 1310. The number of aromatic amines is 1. The van der Waals surface area contributed by atoms with Crippen molar-refractivity contribution in [2.45, 2.75) is 11.7 Å². The second-order valence-corrected chi connectivity index (χ2v) is 8.32. The summed E-state index contributed by atoms with van der Waals surface area (Å²) in [6.45, 7) is 0.561. The third-order valence-electron chi connectivity index (χ3n) is 4.71. The molecule has 0 aliphatic rings. The number of nitrogens with one attached hydrogen (secondary N) is 2. The molecule has 0 bridgehead atoms. The molecule has 0 spiro atoms. The van der Waals surface area contributed by atoms with E-state index < -0.39 is 0 Å². The van der Waals surface area contributed by atoms with Crippen molar-refractivity contribution >= 4 is 46.5 Å². The molecule has 4 aromatic rings. The Morgan fingerprint density at radius 2 is 1.91 bits per heavy atom. The highest BCUT2D eigenvalue weighted by Crippen LogP contribution is 2.22. The van der Waals surface area contributed by atoms with Crippen LogP contribution in [0.25, 0.3) is 11.0 Å². The zero-order valence-corrected chi connectivity index (χ0v) is 18.4. The van der Waals surface area contributed by atoms with Crippen LogP contribution in [0.4, 0.5) is 0 Å². The number of halogens is 1. The largest absolute Gasteiger partial charge is 0.508 e. The van der Waals surface area contributed by atoms with Crippen LogP contribution in [0.15, 0.2) is 77.0 Å². The number of aromatic hydroxyl groups is 2. The lowest BCUT2D eigenvalue weighted by Crippen LogP contribution is -2.36. The maximum absolute atomic E-state index is 12.3. The molecule has 4 rings (SSSR count). The molecule has 32 heavy (non-hydrogen) atoms. The van der Waals surface area contributed by atoms with Crippen LogP contribution in [0, 0.1) is 0 Å². The lowest BCUT2D eigenvalue weighted by Gasteiger charge is -2.04. The first-order chi connectivity index (χ1) is 15.5. The third-order valence-corrected chi connectivity index (χ3v) is 6.09. The third kappa shape index (κ3) is 5.04. The van der Waals surface area contributed by atoms with Gasteiger partial charge in [0.15, 0.2) is 11.0 Å². The van der Waals surface area contributed by atoms with E-state index in [1.54, 1.807) is 0 Å². The number of benzene rings is 3. The number of aromatic nitrogens is 2. The lowest BCUT2D eigenvalue weighted by atomic mass is 10.2. The summed E-state index contributed by atoms with van der Waals surface area (Å²) in [5.74, 6) is -0.346. The Morgan fingerprint density at radius 3 is 2.72 bits per heavy atom. The van der Waals surface area contributed by atoms with Crippen molar-refractivity contribution in [3.8, 4) is 11.5 Å². The van der Waals surface area contributed by atoms with Gasteiger partial charge in [-0.2, -0.15) is 5.10 Å². The number of hydrogen-bond acceptors (Lipinski definition) is 5. The van der Waals surface area contributed by atoms with E-state index in [0.29, 0.717) is 17.1 Å². The monoisotopic (exact) mass is 467 g/mol. The Hall–Kier alpha value is -3.49. The number of nitrogens with zero attached hydrogens (tertiary/aromatic N) is 2. The average molecular weight is 468 g/mol. The number of carbonyl (C=O) groups is 1. The van der Waals surface area contributed by atoms with E-state index in [4.69, 9.17) is 11.6 Å². The number of phenolic OH excluding ortho intramolecular Hbond substituents is 2. The maximum atomic E-state index is 12.3. The number of para-hydroxylation sites is 2. The van der Waals surface area contributed by atoms with Crippen LogP contribution >= 0.6 is 23.4 Å². The number of imidazole rings is 1. The van der Waals surface area contributed by atoms with Gasteiger partial charge in [0.25, 0.3) is 5.91 Å². The molecule has 0 saturated heterocycles. The van der Waals surface area contributed by atoms with Crippen LogP contribution < -0.4 is 9.99 Å². The molecule has 1 amide bonds. The van der Waals surface area contributed by atoms with Crippen molar-refractivity contribution in [1.29, 1.82) is 0 Å². The van der Waals surface area contributed by atoms with Crippen LogP contribution in [0.1, 0.15) is 11.1 Å². The SMILES string of the molecule is O=C(CSc1[nH]c2ccccc2[n+]1Cc1ccccc1Cl)NN=Cc1ccc(O)cc1O. The number of hydrogen-bond donors (Lipinski definition) is 4. The van der Waals surface area contributed by atoms with E-state index in [0.717, 1.165) is 21.8 Å². The Kier molecular flexibility index (Phi) is 6.63. The Balaban J connectivity index is 1.46. The second-order valence-electron chi connectivity index (χ2n) is 6.95. The standard InChI is InChI=1S/C23H19ClN4O3S/c24-18-6-2-1-5-16(18)13-28-20-8-4-3-7-19(20)26-23(28)32-14-22(31)27-25-12-15-9-10-17(29)11-21(15)30/h1-12H,13-14H2,(H3,25,27,29,30,31)/p+1. The minimum Gasteiger partial charge on any atom is -0.508 e. The van der Waals surface area contributed by atoms with Gasteiger partial charge in [-0.15, -0.1) is 0 Å². The quantitative estimate of drug-likeness (QED) is 0.144. The molecule has 162 valence electrons. The fraction of sp³-hybridized carbons (Fsp3) is 0.0870. The molecule has 4 N–H and O–H groups in total. The van der Waals surface area contributed by atoms with E-state index in [1.165, 1.54) is 36.2 Å². The van der Waals surface area contributed by atoms with Gasteiger partial charge in [0.1, 0.15) is 18.0 Å². The molecule has 0 fully saturated rings. The molecule has 1 heterocycles. The molecule has 0 aliphatic carbocycles. The lowest BCUT2D eigenvalue weighted by molar-refractivity contribution is -0.700. The molecular weight excluding hydrogens is 448 g/mol. The van der Waals surface area contributed by atoms with Crippen LogP contribution in [0.2, 0.25) is 5.02 Å². The number of hydrazone groups is 1. The van der Waals surface area contributed by atoms with Gasteiger partial charge in [-0.25, -0.2) is 15.0 Å². The first-order valence-electron chi connectivity index (χ1n) is 9.72. The Morgan fingerprint density at radius 1 is 1.12 bits per heavy atom. The van der Waals surface area contributed by atoms with Crippen molar-refractivity contribution < 1.29 is 19.6 Å². The molecule has 1 aromatic heterocycles. The van der Waals surface area contributed by atoms with Gasteiger partial charge in [0.05, 0.1) is 12.0 Å². The number of rotatable bonds is 7. The first kappa shape index (κ1) is 21.7. The summed E-state index contributed by atoms with van der Waals surface area (Å²) in [5, 5.41) is 24.5. The fourth-order valence-corrected chi connectivity index (χ4v) is 4.18. The molecule has 9 heteroatoms. The smallest absolute Gasteiger partial charge is 0.317 e. The number of H-pyrrole nitrogens is 1.